The normalized spacial score (nSPS) is 14.6. The Morgan fingerprint density at radius 1 is 0.271 bits per heavy atom. The van der Waals surface area contributed by atoms with Crippen LogP contribution in [0, 0.1) is 0 Å². The Labute approximate surface area is 651 Å². The zero-order chi connectivity index (χ0) is 78.0. The molecule has 614 valence electrons. The minimum atomic E-state index is -4.94. The number of phosphoric ester groups is 2. The lowest BCUT2D eigenvalue weighted by molar-refractivity contribution is -0.161. The molecule has 0 aliphatic rings. The summed E-state index contributed by atoms with van der Waals surface area (Å²) >= 11 is 0. The predicted octanol–water partition coefficient (Wildman–Crippen LogP) is 25.2. The van der Waals surface area contributed by atoms with E-state index in [1.54, 1.807) is 0 Å². The van der Waals surface area contributed by atoms with Crippen molar-refractivity contribution in [3.63, 3.8) is 0 Å². The molecule has 0 saturated carbocycles. The van der Waals surface area contributed by atoms with E-state index in [4.69, 9.17) is 32.3 Å². The molecule has 5 atom stereocenters. The van der Waals surface area contributed by atoms with E-state index in [2.05, 4.69) is 167 Å². The minimum Gasteiger partial charge on any atom is -0.463 e. The molecule has 4 N–H and O–H groups in total. The van der Waals surface area contributed by atoms with Crippen molar-refractivity contribution in [1.82, 2.24) is 0 Å². The van der Waals surface area contributed by atoms with Gasteiger partial charge in [-0.3, -0.25) is 32.5 Å². The van der Waals surface area contributed by atoms with Crippen LogP contribution in [0.25, 0.3) is 0 Å². The van der Waals surface area contributed by atoms with Gasteiger partial charge in [0.15, 0.2) is 6.10 Å². The fraction of sp³-hybridized carbons (Fsp3) is 0.697. The quantitative estimate of drug-likeness (QED) is 0.0146. The third kappa shape index (κ3) is 82.2. The highest BCUT2D eigenvalue weighted by Gasteiger charge is 2.29. The molecule has 0 bridgehead atoms. The highest BCUT2D eigenvalue weighted by molar-refractivity contribution is 7.47. The Bertz CT molecular complexity index is 2530. The van der Waals surface area contributed by atoms with Gasteiger partial charge < -0.3 is 34.2 Å². The number of phosphoric acid groups is 2. The zero-order valence-corrected chi connectivity index (χ0v) is 69.1. The molecule has 0 radical (unpaired) electrons. The average molecular weight is 1540 g/mol. The number of hydrogen-bond donors (Lipinski definition) is 4. The van der Waals surface area contributed by atoms with Crippen molar-refractivity contribution in [3.8, 4) is 0 Å². The molecular weight excluding hydrogens is 1390 g/mol. The molecule has 0 rings (SSSR count). The number of esters is 3. The van der Waals surface area contributed by atoms with E-state index >= 15 is 0 Å². The van der Waals surface area contributed by atoms with E-state index in [-0.39, 0.29) is 19.3 Å². The van der Waals surface area contributed by atoms with Crippen molar-refractivity contribution in [2.75, 3.05) is 39.6 Å². The summed E-state index contributed by atoms with van der Waals surface area (Å²) < 4.78 is 61.2. The highest BCUT2D eigenvalue weighted by Crippen LogP contribution is 2.45. The van der Waals surface area contributed by atoms with Gasteiger partial charge in [0.25, 0.3) is 0 Å². The van der Waals surface area contributed by atoms with Gasteiger partial charge in [0, 0.05) is 19.3 Å². The molecule has 18 heteroatoms. The fourth-order valence-corrected chi connectivity index (χ4v) is 12.8. The van der Waals surface area contributed by atoms with Crippen molar-refractivity contribution < 1.29 is 75.8 Å². The maximum Gasteiger partial charge on any atom is 0.472 e. The number of ether oxygens (including phenoxy) is 3. The molecule has 5 unspecified atom stereocenters. The molecule has 0 aromatic heterocycles. The lowest BCUT2D eigenvalue weighted by atomic mass is 10.0. The van der Waals surface area contributed by atoms with Crippen LogP contribution >= 0.6 is 15.6 Å². The van der Waals surface area contributed by atoms with E-state index in [0.29, 0.717) is 19.3 Å². The minimum absolute atomic E-state index is 0.0845. The van der Waals surface area contributed by atoms with Crippen molar-refractivity contribution in [2.24, 2.45) is 0 Å². The van der Waals surface area contributed by atoms with E-state index in [0.717, 1.165) is 167 Å². The van der Waals surface area contributed by atoms with Crippen molar-refractivity contribution in [3.05, 3.63) is 146 Å². The lowest BCUT2D eigenvalue weighted by Crippen LogP contribution is -2.30. The van der Waals surface area contributed by atoms with Crippen molar-refractivity contribution >= 4 is 33.6 Å². The van der Waals surface area contributed by atoms with E-state index in [1.807, 2.05) is 0 Å². The van der Waals surface area contributed by atoms with Crippen molar-refractivity contribution in [1.29, 1.82) is 0 Å². The summed E-state index contributed by atoms with van der Waals surface area (Å²) in [6, 6.07) is 0. The van der Waals surface area contributed by atoms with Gasteiger partial charge in [-0.1, -0.05) is 334 Å². The van der Waals surface area contributed by atoms with Gasteiger partial charge in [0.1, 0.15) is 25.4 Å². The molecule has 0 aromatic rings. The summed E-state index contributed by atoms with van der Waals surface area (Å²) in [6.07, 6.45) is 101. The van der Waals surface area contributed by atoms with Crippen LogP contribution in [0.2, 0.25) is 0 Å². The highest BCUT2D eigenvalue weighted by atomic mass is 31.2. The first-order chi connectivity index (χ1) is 52.2. The molecule has 107 heavy (non-hydrogen) atoms. The second-order valence-corrected chi connectivity index (χ2v) is 30.8. The molecule has 0 heterocycles. The molecule has 0 amide bonds. The Morgan fingerprint density at radius 2 is 0.495 bits per heavy atom. The van der Waals surface area contributed by atoms with Gasteiger partial charge in [-0.25, -0.2) is 9.13 Å². The second-order valence-electron chi connectivity index (χ2n) is 27.9. The van der Waals surface area contributed by atoms with Gasteiger partial charge in [-0.2, -0.15) is 0 Å². The van der Waals surface area contributed by atoms with Crippen LogP contribution < -0.4 is 0 Å². The first-order valence-corrected chi connectivity index (χ1v) is 45.1. The number of aliphatic hydroxyl groups excluding tert-OH is 2. The SMILES string of the molecule is CC/C=C\C/C=C\C/C=C\C/C=C\C/C=C\CCCCCCCCCCCCCCCCCCCC(=O)OCC(O)COP(=O)(O)OCC(O)COP(=O)(O)OCC(COC(=O)CCCCCCCCCCC/C=C\C/C=C\C/C=C\C/C=C\C/C=C\CC)OC(=O)CCCCCCC/C=C\C/C=C\CCC. The van der Waals surface area contributed by atoms with Crippen LogP contribution in [0.15, 0.2) is 146 Å². The average Bonchev–Trinajstić information content (AvgIpc) is 0.908. The lowest BCUT2D eigenvalue weighted by Gasteiger charge is -2.21. The molecule has 0 aliphatic carbocycles. The van der Waals surface area contributed by atoms with Crippen LogP contribution in [0.1, 0.15) is 342 Å². The number of allylic oxidation sites excluding steroid dienone is 24. The van der Waals surface area contributed by atoms with Crippen LogP contribution in [0.3, 0.4) is 0 Å². The van der Waals surface area contributed by atoms with Crippen LogP contribution in [-0.2, 0) is 55.8 Å². The van der Waals surface area contributed by atoms with Crippen molar-refractivity contribution in [2.45, 2.75) is 360 Å². The first kappa shape index (κ1) is 102. The Balaban J connectivity index is 4.43. The molecule has 0 saturated heterocycles. The first-order valence-electron chi connectivity index (χ1n) is 42.1. The molecule has 0 aromatic carbocycles. The summed E-state index contributed by atoms with van der Waals surface area (Å²) in [5, 5.41) is 20.7. The fourth-order valence-electron chi connectivity index (χ4n) is 11.2. The molecule has 16 nitrogen and oxygen atoms in total. The second kappa shape index (κ2) is 80.9. The standard InChI is InChI=1S/C89H152O16P2/c1-4-7-10-13-16-19-22-25-27-29-31-33-35-37-38-39-40-41-42-43-44-46-48-49-51-53-55-58-60-63-66-69-72-75-87(92)99-78-84(90)79-101-106(95,96)102-80-85(91)81-103-107(97,98)104-83-86(105-89(94)77-74-71-68-65-62-57-24-21-18-15-12-9-6-3)82-100-88(93)76-73-70-67-64-61-59-56-54-52-50-47-45-36-34-32-30-28-26-23-20-17-14-11-8-5-2/h7-8,10-12,15-17,19-21,24-28,31-34,37-38,45,47,84-86,90-91H,4-6,9,13-14,18,22-23,29-30,35-36,39-44,46,48-83H2,1-3H3,(H,95,96)(H,97,98)/b10-7-,11-8-,15-12-,19-16-,20-17-,24-21-,27-25-,28-26-,33-31-,34-32-,38-37-,47-45-. The number of unbranched alkanes of at least 4 members (excludes halogenated alkanes) is 32. The molecular formula is C89H152O16P2. The van der Waals surface area contributed by atoms with Gasteiger partial charge in [0.2, 0.25) is 0 Å². The number of rotatable bonds is 79. The van der Waals surface area contributed by atoms with E-state index in [9.17, 15) is 43.5 Å². The summed E-state index contributed by atoms with van der Waals surface area (Å²) in [5.41, 5.74) is 0. The van der Waals surface area contributed by atoms with Crippen LogP contribution in [0.5, 0.6) is 0 Å². The van der Waals surface area contributed by atoms with E-state index in [1.165, 1.54) is 116 Å². The predicted molar refractivity (Wildman–Crippen MR) is 445 cm³/mol. The summed E-state index contributed by atoms with van der Waals surface area (Å²) in [4.78, 5) is 58.7. The maximum absolute atomic E-state index is 13.0. The molecule has 0 aliphatic heterocycles. The summed E-state index contributed by atoms with van der Waals surface area (Å²) in [7, 11) is -9.80. The number of aliphatic hydroxyl groups is 2. The van der Waals surface area contributed by atoms with Crippen LogP contribution in [-0.4, -0.2) is 95.9 Å². The monoisotopic (exact) mass is 1540 g/mol. The number of carbonyl (C=O) groups excluding carboxylic acids is 3. The Morgan fingerprint density at radius 3 is 0.785 bits per heavy atom. The van der Waals surface area contributed by atoms with Gasteiger partial charge in [-0.15, -0.1) is 0 Å². The summed E-state index contributed by atoms with van der Waals surface area (Å²) in [6.45, 7) is 2.39. The third-order valence-corrected chi connectivity index (χ3v) is 19.4. The van der Waals surface area contributed by atoms with Gasteiger partial charge in [0.05, 0.1) is 26.4 Å². The van der Waals surface area contributed by atoms with Gasteiger partial charge in [-0.05, 0) is 135 Å². The smallest absolute Gasteiger partial charge is 0.463 e. The topological polar surface area (TPSA) is 231 Å². The zero-order valence-electron chi connectivity index (χ0n) is 67.3. The number of carbonyl (C=O) groups is 3. The molecule has 0 spiro atoms. The summed E-state index contributed by atoms with van der Waals surface area (Å²) in [5.74, 6) is -1.59. The maximum atomic E-state index is 13.0. The third-order valence-electron chi connectivity index (χ3n) is 17.5. The van der Waals surface area contributed by atoms with Gasteiger partial charge >= 0.3 is 33.6 Å². The molecule has 0 fully saturated rings. The van der Waals surface area contributed by atoms with Crippen LogP contribution in [0.4, 0.5) is 0 Å². The Kier molecular flexibility index (Phi) is 77.5. The largest absolute Gasteiger partial charge is 0.472 e. The Hall–Kier alpha value is -4.57. The number of hydrogen-bond acceptors (Lipinski definition) is 14. The van der Waals surface area contributed by atoms with E-state index < -0.39 is 91.5 Å².